The van der Waals surface area contributed by atoms with E-state index < -0.39 is 6.04 Å². The van der Waals surface area contributed by atoms with Gasteiger partial charge in [-0.3, -0.25) is 4.79 Å². The zero-order chi connectivity index (χ0) is 12.5. The lowest BCUT2D eigenvalue weighted by molar-refractivity contribution is -0.141. The van der Waals surface area contributed by atoms with Crippen molar-refractivity contribution < 1.29 is 9.53 Å². The Balaban J connectivity index is 2.07. The average Bonchev–Trinajstić information content (AvgIpc) is 2.38. The molecule has 0 radical (unpaired) electrons. The lowest BCUT2D eigenvalue weighted by Gasteiger charge is -2.08. The van der Waals surface area contributed by atoms with Gasteiger partial charge in [0, 0.05) is 5.75 Å². The first-order chi connectivity index (χ1) is 8.24. The molecular formula is C13H19NO2S. The Labute approximate surface area is 107 Å². The van der Waals surface area contributed by atoms with E-state index in [-0.39, 0.29) is 5.97 Å². The second-order valence-electron chi connectivity index (χ2n) is 3.79. The van der Waals surface area contributed by atoms with Crippen molar-refractivity contribution in [1.82, 2.24) is 0 Å². The zero-order valence-corrected chi connectivity index (χ0v) is 10.9. The van der Waals surface area contributed by atoms with Crippen LogP contribution < -0.4 is 5.73 Å². The van der Waals surface area contributed by atoms with Crippen LogP contribution in [0.5, 0.6) is 0 Å². The monoisotopic (exact) mass is 253 g/mol. The first-order valence-corrected chi connectivity index (χ1v) is 6.84. The topological polar surface area (TPSA) is 52.3 Å². The number of aryl methyl sites for hydroxylation is 1. The van der Waals surface area contributed by atoms with Crippen molar-refractivity contribution in [2.75, 3.05) is 18.6 Å². The van der Waals surface area contributed by atoms with Crippen LogP contribution in [0.1, 0.15) is 12.0 Å². The largest absolute Gasteiger partial charge is 0.468 e. The molecule has 0 bridgehead atoms. The van der Waals surface area contributed by atoms with E-state index in [1.807, 2.05) is 6.07 Å². The molecule has 1 atom stereocenters. The number of esters is 1. The molecule has 0 aliphatic heterocycles. The van der Waals surface area contributed by atoms with Crippen molar-refractivity contribution in [2.45, 2.75) is 18.9 Å². The lowest BCUT2D eigenvalue weighted by atomic mass is 10.1. The molecular weight excluding hydrogens is 234 g/mol. The standard InChI is InChI=1S/C13H19NO2S/c1-16-13(15)12(14)10-17-9-5-8-11-6-3-2-4-7-11/h2-4,6-7,12H,5,8-10,14H2,1H3/t12-/m0/s1. The Morgan fingerprint density at radius 1 is 1.41 bits per heavy atom. The predicted molar refractivity (Wildman–Crippen MR) is 72.1 cm³/mol. The molecule has 1 aromatic rings. The van der Waals surface area contributed by atoms with Gasteiger partial charge in [-0.25, -0.2) is 0 Å². The molecule has 1 aromatic carbocycles. The highest BCUT2D eigenvalue weighted by Crippen LogP contribution is 2.09. The van der Waals surface area contributed by atoms with Gasteiger partial charge < -0.3 is 10.5 Å². The van der Waals surface area contributed by atoms with Crippen LogP contribution in [0.15, 0.2) is 30.3 Å². The summed E-state index contributed by atoms with van der Waals surface area (Å²) >= 11 is 1.70. The van der Waals surface area contributed by atoms with Crippen molar-refractivity contribution >= 4 is 17.7 Å². The molecule has 2 N–H and O–H groups in total. The van der Waals surface area contributed by atoms with Crippen LogP contribution in [0.4, 0.5) is 0 Å². The van der Waals surface area contributed by atoms with Crippen molar-refractivity contribution in [2.24, 2.45) is 5.73 Å². The fourth-order valence-corrected chi connectivity index (χ4v) is 2.36. The molecule has 0 saturated carbocycles. The molecule has 0 aliphatic carbocycles. The van der Waals surface area contributed by atoms with E-state index >= 15 is 0 Å². The summed E-state index contributed by atoms with van der Waals surface area (Å²) in [6, 6.07) is 9.89. The Morgan fingerprint density at radius 2 is 2.12 bits per heavy atom. The van der Waals surface area contributed by atoms with Gasteiger partial charge >= 0.3 is 5.97 Å². The Bertz CT molecular complexity index is 329. The van der Waals surface area contributed by atoms with E-state index in [0.717, 1.165) is 18.6 Å². The van der Waals surface area contributed by atoms with Gasteiger partial charge in [0.05, 0.1) is 7.11 Å². The van der Waals surface area contributed by atoms with Gasteiger partial charge in [0.1, 0.15) is 6.04 Å². The number of thioether (sulfide) groups is 1. The number of carbonyl (C=O) groups excluding carboxylic acids is 1. The fourth-order valence-electron chi connectivity index (χ4n) is 1.45. The second-order valence-corrected chi connectivity index (χ2v) is 4.94. The summed E-state index contributed by atoms with van der Waals surface area (Å²) < 4.78 is 4.56. The third-order valence-corrected chi connectivity index (χ3v) is 3.57. The highest BCUT2D eigenvalue weighted by Gasteiger charge is 2.12. The number of carbonyl (C=O) groups is 1. The summed E-state index contributed by atoms with van der Waals surface area (Å²) in [7, 11) is 1.36. The summed E-state index contributed by atoms with van der Waals surface area (Å²) in [5, 5.41) is 0. The molecule has 0 aromatic heterocycles. The molecule has 0 heterocycles. The molecule has 0 fully saturated rings. The number of hydrogen-bond donors (Lipinski definition) is 1. The predicted octanol–water partition coefficient (Wildman–Crippen LogP) is 1.85. The van der Waals surface area contributed by atoms with Crippen LogP contribution in [0, 0.1) is 0 Å². The maximum Gasteiger partial charge on any atom is 0.323 e. The van der Waals surface area contributed by atoms with Crippen LogP contribution in [0.2, 0.25) is 0 Å². The normalized spacial score (nSPS) is 12.1. The maximum absolute atomic E-state index is 11.0. The molecule has 17 heavy (non-hydrogen) atoms. The van der Waals surface area contributed by atoms with E-state index in [1.54, 1.807) is 11.8 Å². The van der Waals surface area contributed by atoms with E-state index in [4.69, 9.17) is 5.73 Å². The first-order valence-electron chi connectivity index (χ1n) is 5.69. The third kappa shape index (κ3) is 5.75. The van der Waals surface area contributed by atoms with Gasteiger partial charge in [0.2, 0.25) is 0 Å². The summed E-state index contributed by atoms with van der Waals surface area (Å²) in [5.41, 5.74) is 6.98. The molecule has 0 unspecified atom stereocenters. The van der Waals surface area contributed by atoms with Crippen LogP contribution in [-0.2, 0) is 16.0 Å². The minimum atomic E-state index is -0.498. The fraction of sp³-hybridized carbons (Fsp3) is 0.462. The van der Waals surface area contributed by atoms with E-state index in [9.17, 15) is 4.79 Å². The van der Waals surface area contributed by atoms with E-state index in [0.29, 0.717) is 5.75 Å². The number of benzene rings is 1. The number of hydrogen-bond acceptors (Lipinski definition) is 4. The summed E-state index contributed by atoms with van der Waals surface area (Å²) in [5.74, 6) is 1.31. The molecule has 0 aliphatic rings. The Morgan fingerprint density at radius 3 is 2.76 bits per heavy atom. The van der Waals surface area contributed by atoms with Crippen LogP contribution in [-0.4, -0.2) is 30.6 Å². The summed E-state index contributed by atoms with van der Waals surface area (Å²) in [4.78, 5) is 11.0. The van der Waals surface area contributed by atoms with E-state index in [2.05, 4.69) is 29.0 Å². The van der Waals surface area contributed by atoms with Crippen molar-refractivity contribution in [1.29, 1.82) is 0 Å². The molecule has 3 nitrogen and oxygen atoms in total. The van der Waals surface area contributed by atoms with Crippen LogP contribution in [0.3, 0.4) is 0 Å². The first kappa shape index (κ1) is 14.1. The Hall–Kier alpha value is -1.00. The van der Waals surface area contributed by atoms with Crippen molar-refractivity contribution in [3.05, 3.63) is 35.9 Å². The van der Waals surface area contributed by atoms with Crippen molar-refractivity contribution in [3.63, 3.8) is 0 Å². The quantitative estimate of drug-likeness (QED) is 0.595. The third-order valence-electron chi connectivity index (χ3n) is 2.40. The minimum Gasteiger partial charge on any atom is -0.468 e. The molecule has 1 rings (SSSR count). The Kier molecular flexibility index (Phi) is 6.74. The molecule has 4 heteroatoms. The summed E-state index contributed by atoms with van der Waals surface area (Å²) in [6.07, 6.45) is 2.17. The van der Waals surface area contributed by atoms with Gasteiger partial charge in [0.25, 0.3) is 0 Å². The number of rotatable bonds is 7. The highest BCUT2D eigenvalue weighted by molar-refractivity contribution is 7.99. The SMILES string of the molecule is COC(=O)[C@@H](N)CSCCCc1ccccc1. The number of methoxy groups -OCH3 is 1. The van der Waals surface area contributed by atoms with E-state index in [1.165, 1.54) is 12.7 Å². The van der Waals surface area contributed by atoms with Crippen molar-refractivity contribution in [3.8, 4) is 0 Å². The maximum atomic E-state index is 11.0. The van der Waals surface area contributed by atoms with Gasteiger partial charge in [0.15, 0.2) is 0 Å². The van der Waals surface area contributed by atoms with Gasteiger partial charge in [-0.1, -0.05) is 30.3 Å². The molecule has 0 saturated heterocycles. The average molecular weight is 253 g/mol. The van der Waals surface area contributed by atoms with Gasteiger partial charge in [-0.15, -0.1) is 0 Å². The lowest BCUT2D eigenvalue weighted by Crippen LogP contribution is -2.33. The molecule has 0 amide bonds. The second kappa shape index (κ2) is 8.14. The van der Waals surface area contributed by atoms with Crippen LogP contribution >= 0.6 is 11.8 Å². The highest BCUT2D eigenvalue weighted by atomic mass is 32.2. The number of nitrogens with two attached hydrogens (primary N) is 1. The zero-order valence-electron chi connectivity index (χ0n) is 10.1. The molecule has 0 spiro atoms. The minimum absolute atomic E-state index is 0.333. The van der Waals surface area contributed by atoms with Gasteiger partial charge in [-0.05, 0) is 24.2 Å². The summed E-state index contributed by atoms with van der Waals surface area (Å²) in [6.45, 7) is 0. The van der Waals surface area contributed by atoms with Crippen LogP contribution in [0.25, 0.3) is 0 Å². The number of ether oxygens (including phenoxy) is 1. The van der Waals surface area contributed by atoms with Gasteiger partial charge in [-0.2, -0.15) is 11.8 Å². The molecule has 94 valence electrons. The smallest absolute Gasteiger partial charge is 0.323 e.